The van der Waals surface area contributed by atoms with Crippen LogP contribution < -0.4 is 4.74 Å². The zero-order valence-corrected chi connectivity index (χ0v) is 8.15. The minimum Gasteiger partial charge on any atom is -0.503 e. The average molecular weight is 206 g/mol. The largest absolute Gasteiger partial charge is 0.503 e. The van der Waals surface area contributed by atoms with Crippen LogP contribution in [0, 0.1) is 11.8 Å². The van der Waals surface area contributed by atoms with Crippen LogP contribution in [0.3, 0.4) is 0 Å². The first-order valence-corrected chi connectivity index (χ1v) is 4.19. The number of ether oxygens (including phenoxy) is 1. The Morgan fingerprint density at radius 2 is 2.27 bits per heavy atom. The van der Waals surface area contributed by atoms with Gasteiger partial charge in [0, 0.05) is 5.56 Å². The monoisotopic (exact) mass is 206 g/mol. The Bertz CT molecular complexity index is 426. The molecule has 0 aliphatic heterocycles. The summed E-state index contributed by atoms with van der Waals surface area (Å²) in [7, 11) is 1.40. The van der Waals surface area contributed by atoms with Gasteiger partial charge in [-0.05, 0) is 12.1 Å². The molecule has 78 valence electrons. The van der Waals surface area contributed by atoms with Crippen molar-refractivity contribution >= 4 is 6.29 Å². The maximum absolute atomic E-state index is 10.7. The zero-order valence-electron chi connectivity index (χ0n) is 8.15. The molecule has 0 amide bonds. The third-order valence-corrected chi connectivity index (χ3v) is 1.81. The Balaban J connectivity index is 3.35. The van der Waals surface area contributed by atoms with Gasteiger partial charge in [0.1, 0.15) is 6.61 Å². The van der Waals surface area contributed by atoms with E-state index in [4.69, 9.17) is 9.84 Å². The molecule has 1 aromatic carbocycles. The summed E-state index contributed by atoms with van der Waals surface area (Å²) in [6.07, 6.45) is 0.584. The fourth-order valence-electron chi connectivity index (χ4n) is 1.11. The third kappa shape index (κ3) is 2.27. The highest BCUT2D eigenvalue weighted by atomic mass is 16.5. The van der Waals surface area contributed by atoms with Crippen LogP contribution in [0.15, 0.2) is 12.1 Å². The molecule has 0 saturated heterocycles. The van der Waals surface area contributed by atoms with Crippen molar-refractivity contribution in [3.8, 4) is 23.3 Å². The number of carbonyl (C=O) groups excluding carboxylic acids is 1. The number of benzene rings is 1. The van der Waals surface area contributed by atoms with Crippen LogP contribution in [0.4, 0.5) is 0 Å². The minimum atomic E-state index is -0.338. The number of aldehydes is 1. The van der Waals surface area contributed by atoms with E-state index in [-0.39, 0.29) is 29.2 Å². The highest BCUT2D eigenvalue weighted by Gasteiger charge is 2.10. The summed E-state index contributed by atoms with van der Waals surface area (Å²) in [4.78, 5) is 10.7. The molecule has 0 heterocycles. The van der Waals surface area contributed by atoms with E-state index in [0.29, 0.717) is 6.29 Å². The lowest BCUT2D eigenvalue weighted by Gasteiger charge is -2.06. The molecule has 1 aromatic rings. The Morgan fingerprint density at radius 3 is 2.80 bits per heavy atom. The molecule has 0 bridgehead atoms. The standard InChI is InChI=1S/C11H10O4/c1-15-10-5-4-8(7-13)9(11(10)14)3-2-6-12/h4-5,7,12,14H,6H2,1H3. The Labute approximate surface area is 87.1 Å². The van der Waals surface area contributed by atoms with Gasteiger partial charge in [0.2, 0.25) is 0 Å². The summed E-state index contributed by atoms with van der Waals surface area (Å²) < 4.78 is 4.87. The molecule has 2 N–H and O–H groups in total. The molecule has 0 aliphatic carbocycles. The third-order valence-electron chi connectivity index (χ3n) is 1.81. The Hall–Kier alpha value is -1.99. The van der Waals surface area contributed by atoms with Crippen LogP contribution in [0.1, 0.15) is 15.9 Å². The first-order valence-electron chi connectivity index (χ1n) is 4.19. The van der Waals surface area contributed by atoms with Crippen molar-refractivity contribution in [3.63, 3.8) is 0 Å². The second kappa shape index (κ2) is 5.03. The molecule has 0 spiro atoms. The van der Waals surface area contributed by atoms with Gasteiger partial charge in [0.15, 0.2) is 17.8 Å². The van der Waals surface area contributed by atoms with Crippen LogP contribution in [-0.2, 0) is 0 Å². The molecule has 0 unspecified atom stereocenters. The van der Waals surface area contributed by atoms with Gasteiger partial charge in [0.25, 0.3) is 0 Å². The molecule has 0 saturated carbocycles. The number of methoxy groups -OCH3 is 1. The lowest BCUT2D eigenvalue weighted by Crippen LogP contribution is -1.92. The number of aliphatic hydroxyl groups is 1. The summed E-state index contributed by atoms with van der Waals surface area (Å²) in [6.45, 7) is -0.338. The molecule has 4 heteroatoms. The van der Waals surface area contributed by atoms with Gasteiger partial charge >= 0.3 is 0 Å². The van der Waals surface area contributed by atoms with Crippen molar-refractivity contribution in [1.82, 2.24) is 0 Å². The number of phenols is 1. The lowest BCUT2D eigenvalue weighted by molar-refractivity contribution is 0.112. The maximum Gasteiger partial charge on any atom is 0.174 e. The van der Waals surface area contributed by atoms with Crippen molar-refractivity contribution in [2.24, 2.45) is 0 Å². The smallest absolute Gasteiger partial charge is 0.174 e. The Morgan fingerprint density at radius 1 is 1.53 bits per heavy atom. The normalized spacial score (nSPS) is 8.93. The first kappa shape index (κ1) is 11.1. The predicted molar refractivity (Wildman–Crippen MR) is 54.0 cm³/mol. The summed E-state index contributed by atoms with van der Waals surface area (Å²) in [5.41, 5.74) is 0.424. The molecular weight excluding hydrogens is 196 g/mol. The van der Waals surface area contributed by atoms with E-state index < -0.39 is 0 Å². The van der Waals surface area contributed by atoms with Crippen molar-refractivity contribution < 1.29 is 19.7 Å². The zero-order chi connectivity index (χ0) is 11.3. The number of hydrogen-bond acceptors (Lipinski definition) is 4. The van der Waals surface area contributed by atoms with Gasteiger partial charge in [-0.1, -0.05) is 11.8 Å². The number of aromatic hydroxyl groups is 1. The first-order chi connectivity index (χ1) is 7.24. The maximum atomic E-state index is 10.7. The van der Waals surface area contributed by atoms with Crippen molar-refractivity contribution in [2.45, 2.75) is 0 Å². The molecule has 15 heavy (non-hydrogen) atoms. The van der Waals surface area contributed by atoms with Gasteiger partial charge in [-0.15, -0.1) is 0 Å². The molecule has 0 atom stereocenters. The summed E-state index contributed by atoms with van der Waals surface area (Å²) in [6, 6.07) is 2.97. The van der Waals surface area contributed by atoms with Gasteiger partial charge in [0.05, 0.1) is 12.7 Å². The number of phenolic OH excluding ortho intramolecular Hbond substituents is 1. The van der Waals surface area contributed by atoms with E-state index in [1.165, 1.54) is 19.2 Å². The number of aliphatic hydroxyl groups excluding tert-OH is 1. The fourth-order valence-corrected chi connectivity index (χ4v) is 1.11. The van der Waals surface area contributed by atoms with Crippen LogP contribution in [0.5, 0.6) is 11.5 Å². The van der Waals surface area contributed by atoms with Crippen LogP contribution in [-0.4, -0.2) is 30.2 Å². The van der Waals surface area contributed by atoms with Gasteiger partial charge in [-0.3, -0.25) is 4.79 Å². The molecule has 4 nitrogen and oxygen atoms in total. The topological polar surface area (TPSA) is 66.8 Å². The Kier molecular flexibility index (Phi) is 3.72. The van der Waals surface area contributed by atoms with E-state index in [2.05, 4.69) is 11.8 Å². The molecular formula is C11H10O4. The van der Waals surface area contributed by atoms with Crippen molar-refractivity contribution in [2.75, 3.05) is 13.7 Å². The highest BCUT2D eigenvalue weighted by Crippen LogP contribution is 2.30. The summed E-state index contributed by atoms with van der Waals surface area (Å²) >= 11 is 0. The summed E-state index contributed by atoms with van der Waals surface area (Å²) in [5.74, 6) is 4.91. The second-order valence-corrected chi connectivity index (χ2v) is 2.66. The van der Waals surface area contributed by atoms with Crippen molar-refractivity contribution in [1.29, 1.82) is 0 Å². The molecule has 0 fully saturated rings. The molecule has 0 aliphatic rings. The number of rotatable bonds is 2. The van der Waals surface area contributed by atoms with E-state index in [9.17, 15) is 9.90 Å². The van der Waals surface area contributed by atoms with Gasteiger partial charge in [-0.25, -0.2) is 0 Å². The number of carbonyl (C=O) groups is 1. The highest BCUT2D eigenvalue weighted by molar-refractivity contribution is 5.82. The SMILES string of the molecule is COc1ccc(C=O)c(C#CCO)c1O. The fraction of sp³-hybridized carbons (Fsp3) is 0.182. The second-order valence-electron chi connectivity index (χ2n) is 2.66. The quantitative estimate of drug-likeness (QED) is 0.548. The van der Waals surface area contributed by atoms with E-state index in [1.807, 2.05) is 0 Å². The summed E-state index contributed by atoms with van der Waals surface area (Å²) in [5, 5.41) is 18.2. The van der Waals surface area contributed by atoms with Crippen LogP contribution in [0.2, 0.25) is 0 Å². The molecule has 1 rings (SSSR count). The van der Waals surface area contributed by atoms with Gasteiger partial charge < -0.3 is 14.9 Å². The van der Waals surface area contributed by atoms with Crippen LogP contribution in [0.25, 0.3) is 0 Å². The predicted octanol–water partition coefficient (Wildman–Crippen LogP) is 0.557. The van der Waals surface area contributed by atoms with E-state index in [1.54, 1.807) is 0 Å². The molecule has 0 aromatic heterocycles. The molecule has 0 radical (unpaired) electrons. The number of hydrogen-bond donors (Lipinski definition) is 2. The minimum absolute atomic E-state index is 0.165. The average Bonchev–Trinajstić information content (AvgIpc) is 2.27. The van der Waals surface area contributed by atoms with E-state index in [0.717, 1.165) is 0 Å². The van der Waals surface area contributed by atoms with Crippen molar-refractivity contribution in [3.05, 3.63) is 23.3 Å². The van der Waals surface area contributed by atoms with Crippen LogP contribution >= 0.6 is 0 Å². The van der Waals surface area contributed by atoms with Gasteiger partial charge in [-0.2, -0.15) is 0 Å². The lowest BCUT2D eigenvalue weighted by atomic mass is 10.1. The van der Waals surface area contributed by atoms with E-state index >= 15 is 0 Å².